The van der Waals surface area contributed by atoms with Crippen LogP contribution in [0.15, 0.2) is 35.9 Å². The van der Waals surface area contributed by atoms with Gasteiger partial charge in [-0.25, -0.2) is 0 Å². The Labute approximate surface area is 101 Å². The van der Waals surface area contributed by atoms with E-state index in [1.54, 1.807) is 0 Å². The first-order valence-electron chi connectivity index (χ1n) is 5.51. The Balaban J connectivity index is 0. The van der Waals surface area contributed by atoms with Gasteiger partial charge in [0.05, 0.1) is 0 Å². The van der Waals surface area contributed by atoms with Crippen molar-refractivity contribution >= 4 is 12.2 Å². The van der Waals surface area contributed by atoms with Gasteiger partial charge < -0.3 is 0 Å². The molecule has 0 heterocycles. The van der Waals surface area contributed by atoms with Gasteiger partial charge in [0, 0.05) is 0 Å². The van der Waals surface area contributed by atoms with E-state index in [0.29, 0.717) is 0 Å². The molecule has 0 nitrogen and oxygen atoms in total. The molecule has 90 valence electrons. The number of rotatable bonds is 1. The number of hydrogen-bond acceptors (Lipinski definition) is 0. The maximum absolute atomic E-state index is 4.00. The van der Waals surface area contributed by atoms with E-state index >= 15 is 0 Å². The molecule has 1 aromatic carbocycles. The van der Waals surface area contributed by atoms with E-state index in [9.17, 15) is 0 Å². The predicted molar refractivity (Wildman–Crippen MR) is 77.8 cm³/mol. The maximum Gasteiger partial charge on any atom is -0.0161 e. The first-order valence-corrected chi connectivity index (χ1v) is 5.51. The van der Waals surface area contributed by atoms with Crippen molar-refractivity contribution in [3.63, 3.8) is 0 Å². The Hall–Kier alpha value is -1.30. The van der Waals surface area contributed by atoms with Crippen molar-refractivity contribution in [2.75, 3.05) is 0 Å². The Morgan fingerprint density at radius 1 is 1.06 bits per heavy atom. The lowest BCUT2D eigenvalue weighted by Crippen LogP contribution is -2.23. The van der Waals surface area contributed by atoms with Crippen molar-refractivity contribution in [1.29, 1.82) is 0 Å². The highest BCUT2D eigenvalue weighted by molar-refractivity contribution is 5.55. The van der Waals surface area contributed by atoms with Crippen molar-refractivity contribution < 1.29 is 0 Å². The molecule has 0 N–H and O–H groups in total. The predicted octanol–water partition coefficient (Wildman–Crippen LogP) is 3.90. The standard InChI is InChI=1S/C13H16.C2H6.CH4/c1-10(2)9-12(4)13-8-6-5-7-11(13)3;1-2;/h5-9H,3H2,1-2,4H3;1-2H3;1H4/b13-12-;;. The van der Waals surface area contributed by atoms with Crippen molar-refractivity contribution in [3.05, 3.63) is 46.4 Å². The molecule has 0 aliphatic carbocycles. The van der Waals surface area contributed by atoms with E-state index < -0.39 is 0 Å². The first kappa shape index (κ1) is 17.1. The molecule has 0 unspecified atom stereocenters. The summed E-state index contributed by atoms with van der Waals surface area (Å²) in [5.74, 6) is 0. The molecular formula is C16H26. The summed E-state index contributed by atoms with van der Waals surface area (Å²) in [6.07, 6.45) is 2.18. The SMILES string of the molecule is C.C=c1cccc/c1=C(\C)C=C(C)C.CC. The molecule has 16 heavy (non-hydrogen) atoms. The summed E-state index contributed by atoms with van der Waals surface area (Å²) in [5, 5.41) is 2.33. The van der Waals surface area contributed by atoms with Gasteiger partial charge in [0.25, 0.3) is 0 Å². The molecule has 0 saturated heterocycles. The zero-order valence-electron chi connectivity index (χ0n) is 10.6. The van der Waals surface area contributed by atoms with Crippen LogP contribution in [0, 0.1) is 0 Å². The molecule has 0 aliphatic heterocycles. The third-order valence-corrected chi connectivity index (χ3v) is 1.95. The first-order chi connectivity index (χ1) is 7.11. The number of allylic oxidation sites excluding steroid dienone is 2. The monoisotopic (exact) mass is 218 g/mol. The van der Waals surface area contributed by atoms with Crippen molar-refractivity contribution in [2.45, 2.75) is 42.0 Å². The van der Waals surface area contributed by atoms with Crippen LogP contribution in [0.2, 0.25) is 0 Å². The quantitative estimate of drug-likeness (QED) is 0.671. The second-order valence-corrected chi connectivity index (χ2v) is 3.56. The second kappa shape index (κ2) is 8.96. The van der Waals surface area contributed by atoms with Crippen LogP contribution >= 0.6 is 0 Å². The minimum absolute atomic E-state index is 0. The van der Waals surface area contributed by atoms with Crippen LogP contribution in [0.5, 0.6) is 0 Å². The zero-order valence-corrected chi connectivity index (χ0v) is 10.6. The van der Waals surface area contributed by atoms with Gasteiger partial charge >= 0.3 is 0 Å². The topological polar surface area (TPSA) is 0 Å². The van der Waals surface area contributed by atoms with Crippen LogP contribution in [0.3, 0.4) is 0 Å². The second-order valence-electron chi connectivity index (χ2n) is 3.56. The van der Waals surface area contributed by atoms with Gasteiger partial charge in [0.15, 0.2) is 0 Å². The summed E-state index contributed by atoms with van der Waals surface area (Å²) in [6, 6.07) is 8.21. The lowest BCUT2D eigenvalue weighted by atomic mass is 10.1. The average molecular weight is 218 g/mol. The third kappa shape index (κ3) is 5.55. The molecule has 0 amide bonds. The highest BCUT2D eigenvalue weighted by atomic mass is 13.9. The minimum atomic E-state index is 0. The summed E-state index contributed by atoms with van der Waals surface area (Å²) >= 11 is 0. The van der Waals surface area contributed by atoms with E-state index in [1.165, 1.54) is 16.4 Å². The van der Waals surface area contributed by atoms with Crippen molar-refractivity contribution in [2.24, 2.45) is 0 Å². The zero-order chi connectivity index (χ0) is 11.8. The van der Waals surface area contributed by atoms with Gasteiger partial charge in [-0.3, -0.25) is 0 Å². The van der Waals surface area contributed by atoms with Gasteiger partial charge in [-0.2, -0.15) is 0 Å². The molecule has 0 spiro atoms. The summed E-state index contributed by atoms with van der Waals surface area (Å²) in [6.45, 7) is 14.3. The smallest absolute Gasteiger partial charge is 0.0161 e. The van der Waals surface area contributed by atoms with E-state index in [1.807, 2.05) is 32.0 Å². The van der Waals surface area contributed by atoms with E-state index in [2.05, 4.69) is 39.5 Å². The molecule has 1 aromatic rings. The molecule has 0 radical (unpaired) electrons. The third-order valence-electron chi connectivity index (χ3n) is 1.95. The van der Waals surface area contributed by atoms with Crippen LogP contribution in [0.4, 0.5) is 0 Å². The summed E-state index contributed by atoms with van der Waals surface area (Å²) in [7, 11) is 0. The van der Waals surface area contributed by atoms with Gasteiger partial charge in [-0.05, 0) is 36.8 Å². The summed E-state index contributed by atoms with van der Waals surface area (Å²) < 4.78 is 0. The van der Waals surface area contributed by atoms with Crippen LogP contribution < -0.4 is 10.4 Å². The normalized spacial score (nSPS) is 10.3. The fraction of sp³-hybridized carbons (Fsp3) is 0.375. The molecule has 0 bridgehead atoms. The molecule has 0 saturated carbocycles. The molecule has 1 rings (SSSR count). The van der Waals surface area contributed by atoms with Crippen LogP contribution in [-0.2, 0) is 0 Å². The molecule has 0 fully saturated rings. The lowest BCUT2D eigenvalue weighted by Gasteiger charge is -1.95. The van der Waals surface area contributed by atoms with Crippen LogP contribution in [0.25, 0.3) is 12.2 Å². The lowest BCUT2D eigenvalue weighted by molar-refractivity contribution is 1.38. The van der Waals surface area contributed by atoms with Gasteiger partial charge in [0.2, 0.25) is 0 Å². The Morgan fingerprint density at radius 3 is 2.00 bits per heavy atom. The van der Waals surface area contributed by atoms with Crippen molar-refractivity contribution in [3.8, 4) is 0 Å². The number of benzene rings is 1. The van der Waals surface area contributed by atoms with E-state index in [-0.39, 0.29) is 7.43 Å². The minimum Gasteiger partial charge on any atom is -0.0912 e. The largest absolute Gasteiger partial charge is 0.0912 e. The average Bonchev–Trinajstić information content (AvgIpc) is 2.20. The van der Waals surface area contributed by atoms with E-state index in [0.717, 1.165) is 5.22 Å². The summed E-state index contributed by atoms with van der Waals surface area (Å²) in [4.78, 5) is 0. The number of hydrogen-bond donors (Lipinski definition) is 0. The maximum atomic E-state index is 4.00. The van der Waals surface area contributed by atoms with E-state index in [4.69, 9.17) is 0 Å². The Bertz CT molecular complexity index is 418. The molecule has 0 aliphatic rings. The summed E-state index contributed by atoms with van der Waals surface area (Å²) in [5.41, 5.74) is 2.60. The van der Waals surface area contributed by atoms with Gasteiger partial charge in [0.1, 0.15) is 0 Å². The molecule has 0 aromatic heterocycles. The van der Waals surface area contributed by atoms with Gasteiger partial charge in [-0.15, -0.1) is 0 Å². The fourth-order valence-electron chi connectivity index (χ4n) is 1.42. The molecule has 0 atom stereocenters. The fourth-order valence-corrected chi connectivity index (χ4v) is 1.42. The van der Waals surface area contributed by atoms with Crippen molar-refractivity contribution in [1.82, 2.24) is 0 Å². The molecular weight excluding hydrogens is 192 g/mol. The van der Waals surface area contributed by atoms with Crippen LogP contribution in [-0.4, -0.2) is 0 Å². The highest BCUT2D eigenvalue weighted by Crippen LogP contribution is 1.98. The van der Waals surface area contributed by atoms with Crippen LogP contribution in [0.1, 0.15) is 42.0 Å². The highest BCUT2D eigenvalue weighted by Gasteiger charge is 1.87. The molecule has 0 heteroatoms. The van der Waals surface area contributed by atoms with Gasteiger partial charge in [-0.1, -0.05) is 63.8 Å². The Morgan fingerprint density at radius 2 is 1.56 bits per heavy atom. The Kier molecular flexibility index (Phi) is 9.58.